The van der Waals surface area contributed by atoms with Crippen LogP contribution in [0.2, 0.25) is 0 Å². The standard InChI is InChI=1S/C18H23FN4/c1-23(10-8-16-7-2-3-9-20-16)13-17-12-18(22-21-17)14-5-4-6-15(19)11-14/h2-7,9,11,17-18,21-22H,8,10,12-13H2,1H3. The van der Waals surface area contributed by atoms with Crippen LogP contribution in [-0.2, 0) is 6.42 Å². The number of nitrogens with one attached hydrogen (secondary N) is 2. The number of aromatic nitrogens is 1. The van der Waals surface area contributed by atoms with Crippen LogP contribution in [0, 0.1) is 5.82 Å². The van der Waals surface area contributed by atoms with Gasteiger partial charge in [-0.1, -0.05) is 18.2 Å². The van der Waals surface area contributed by atoms with Crippen LogP contribution >= 0.6 is 0 Å². The van der Waals surface area contributed by atoms with Crippen molar-refractivity contribution >= 4 is 0 Å². The maximum absolute atomic E-state index is 13.3. The molecule has 1 saturated heterocycles. The summed E-state index contributed by atoms with van der Waals surface area (Å²) >= 11 is 0. The van der Waals surface area contributed by atoms with E-state index in [0.29, 0.717) is 6.04 Å². The lowest BCUT2D eigenvalue weighted by Gasteiger charge is -2.20. The first kappa shape index (κ1) is 16.1. The molecule has 3 rings (SSSR count). The lowest BCUT2D eigenvalue weighted by molar-refractivity contribution is 0.298. The molecule has 122 valence electrons. The van der Waals surface area contributed by atoms with E-state index in [-0.39, 0.29) is 11.9 Å². The minimum atomic E-state index is -0.180. The number of rotatable bonds is 6. The fourth-order valence-corrected chi connectivity index (χ4v) is 3.00. The van der Waals surface area contributed by atoms with Gasteiger partial charge in [-0.05, 0) is 43.3 Å². The molecule has 0 bridgehead atoms. The Bertz CT molecular complexity index is 619. The first-order valence-corrected chi connectivity index (χ1v) is 8.05. The zero-order valence-corrected chi connectivity index (χ0v) is 13.4. The third-order valence-electron chi connectivity index (χ3n) is 4.24. The Hall–Kier alpha value is -1.82. The highest BCUT2D eigenvalue weighted by molar-refractivity contribution is 5.21. The fraction of sp³-hybridized carbons (Fsp3) is 0.389. The van der Waals surface area contributed by atoms with Crippen molar-refractivity contribution in [2.75, 3.05) is 20.1 Å². The van der Waals surface area contributed by atoms with Gasteiger partial charge < -0.3 is 4.90 Å². The van der Waals surface area contributed by atoms with Gasteiger partial charge in [0.1, 0.15) is 5.82 Å². The van der Waals surface area contributed by atoms with E-state index < -0.39 is 0 Å². The predicted molar refractivity (Wildman–Crippen MR) is 89.3 cm³/mol. The molecule has 0 amide bonds. The molecule has 1 fully saturated rings. The van der Waals surface area contributed by atoms with Crippen molar-refractivity contribution < 1.29 is 4.39 Å². The second-order valence-corrected chi connectivity index (χ2v) is 6.16. The number of hydrogen-bond acceptors (Lipinski definition) is 4. The van der Waals surface area contributed by atoms with E-state index in [4.69, 9.17) is 0 Å². The molecule has 23 heavy (non-hydrogen) atoms. The topological polar surface area (TPSA) is 40.2 Å². The molecule has 2 N–H and O–H groups in total. The normalized spacial score (nSPS) is 21.0. The van der Waals surface area contributed by atoms with Crippen molar-refractivity contribution in [2.24, 2.45) is 0 Å². The van der Waals surface area contributed by atoms with Crippen LogP contribution in [0.3, 0.4) is 0 Å². The van der Waals surface area contributed by atoms with Crippen molar-refractivity contribution in [3.8, 4) is 0 Å². The summed E-state index contributed by atoms with van der Waals surface area (Å²) in [6.07, 6.45) is 3.74. The molecule has 1 aromatic heterocycles. The summed E-state index contributed by atoms with van der Waals surface area (Å²) in [5.74, 6) is -0.180. The minimum Gasteiger partial charge on any atom is -0.304 e. The third kappa shape index (κ3) is 4.58. The number of likely N-dealkylation sites (N-methyl/N-ethyl adjacent to an activating group) is 1. The Labute approximate surface area is 136 Å². The molecule has 4 nitrogen and oxygen atoms in total. The number of halogens is 1. The van der Waals surface area contributed by atoms with Gasteiger partial charge in [0.15, 0.2) is 0 Å². The second kappa shape index (κ2) is 7.64. The Morgan fingerprint density at radius 1 is 1.22 bits per heavy atom. The number of hydrazine groups is 1. The Kier molecular flexibility index (Phi) is 5.33. The molecule has 1 aliphatic heterocycles. The minimum absolute atomic E-state index is 0.167. The monoisotopic (exact) mass is 314 g/mol. The Morgan fingerprint density at radius 2 is 2.13 bits per heavy atom. The molecular formula is C18H23FN4. The first-order chi connectivity index (χ1) is 11.2. The number of benzene rings is 1. The summed E-state index contributed by atoms with van der Waals surface area (Å²) in [6.45, 7) is 1.92. The maximum Gasteiger partial charge on any atom is 0.123 e. The van der Waals surface area contributed by atoms with Gasteiger partial charge in [-0.25, -0.2) is 9.82 Å². The van der Waals surface area contributed by atoms with Crippen molar-refractivity contribution in [3.05, 3.63) is 65.7 Å². The van der Waals surface area contributed by atoms with Gasteiger partial charge in [-0.15, -0.1) is 0 Å². The Balaban J connectivity index is 1.46. The number of hydrogen-bond donors (Lipinski definition) is 2. The molecule has 5 heteroatoms. The summed E-state index contributed by atoms with van der Waals surface area (Å²) in [7, 11) is 2.13. The lowest BCUT2D eigenvalue weighted by atomic mass is 10.0. The lowest BCUT2D eigenvalue weighted by Crippen LogP contribution is -2.39. The van der Waals surface area contributed by atoms with E-state index in [9.17, 15) is 4.39 Å². The summed E-state index contributed by atoms with van der Waals surface area (Å²) in [6, 6.07) is 13.4. The Morgan fingerprint density at radius 3 is 2.91 bits per heavy atom. The van der Waals surface area contributed by atoms with Crippen LogP contribution in [-0.4, -0.2) is 36.1 Å². The van der Waals surface area contributed by atoms with Crippen LogP contribution in [0.25, 0.3) is 0 Å². The van der Waals surface area contributed by atoms with E-state index in [0.717, 1.165) is 37.2 Å². The molecule has 0 spiro atoms. The summed E-state index contributed by atoms with van der Waals surface area (Å²) in [4.78, 5) is 6.66. The molecule has 1 aromatic carbocycles. The highest BCUT2D eigenvalue weighted by Gasteiger charge is 2.25. The second-order valence-electron chi connectivity index (χ2n) is 6.16. The van der Waals surface area contributed by atoms with E-state index in [1.54, 1.807) is 12.1 Å². The molecule has 1 aliphatic rings. The van der Waals surface area contributed by atoms with Crippen LogP contribution < -0.4 is 10.9 Å². The van der Waals surface area contributed by atoms with Gasteiger partial charge in [0.2, 0.25) is 0 Å². The fourth-order valence-electron chi connectivity index (χ4n) is 3.00. The van der Waals surface area contributed by atoms with E-state index in [2.05, 4.69) is 33.8 Å². The predicted octanol–water partition coefficient (Wildman–Crippen LogP) is 2.30. The molecule has 2 unspecified atom stereocenters. The molecule has 2 aromatic rings. The van der Waals surface area contributed by atoms with Gasteiger partial charge in [-0.2, -0.15) is 0 Å². The van der Waals surface area contributed by atoms with Gasteiger partial charge in [0.05, 0.1) is 0 Å². The zero-order chi connectivity index (χ0) is 16.1. The largest absolute Gasteiger partial charge is 0.304 e. The smallest absolute Gasteiger partial charge is 0.123 e. The molecule has 2 atom stereocenters. The SMILES string of the molecule is CN(CCc1ccccn1)CC1CC(c2cccc(F)c2)NN1. The van der Waals surface area contributed by atoms with Gasteiger partial charge >= 0.3 is 0 Å². The van der Waals surface area contributed by atoms with Crippen molar-refractivity contribution in [3.63, 3.8) is 0 Å². The number of pyridine rings is 1. The molecule has 0 saturated carbocycles. The highest BCUT2D eigenvalue weighted by atomic mass is 19.1. The van der Waals surface area contributed by atoms with Crippen LogP contribution in [0.1, 0.15) is 23.7 Å². The quantitative estimate of drug-likeness (QED) is 0.858. The average Bonchev–Trinajstić information content (AvgIpc) is 3.02. The van der Waals surface area contributed by atoms with Crippen molar-refractivity contribution in [1.82, 2.24) is 20.7 Å². The van der Waals surface area contributed by atoms with Gasteiger partial charge in [0, 0.05) is 43.5 Å². The van der Waals surface area contributed by atoms with Gasteiger partial charge in [-0.3, -0.25) is 10.4 Å². The third-order valence-corrected chi connectivity index (χ3v) is 4.24. The first-order valence-electron chi connectivity index (χ1n) is 8.05. The summed E-state index contributed by atoms with van der Waals surface area (Å²) in [5.41, 5.74) is 8.71. The van der Waals surface area contributed by atoms with Gasteiger partial charge in [0.25, 0.3) is 0 Å². The summed E-state index contributed by atoms with van der Waals surface area (Å²) in [5, 5.41) is 0. The van der Waals surface area contributed by atoms with Crippen molar-refractivity contribution in [1.29, 1.82) is 0 Å². The van der Waals surface area contributed by atoms with E-state index in [1.165, 1.54) is 6.07 Å². The van der Waals surface area contributed by atoms with Crippen LogP contribution in [0.5, 0.6) is 0 Å². The van der Waals surface area contributed by atoms with E-state index >= 15 is 0 Å². The van der Waals surface area contributed by atoms with Crippen LogP contribution in [0.15, 0.2) is 48.7 Å². The summed E-state index contributed by atoms with van der Waals surface area (Å²) < 4.78 is 13.3. The average molecular weight is 314 g/mol. The molecule has 0 radical (unpaired) electrons. The van der Waals surface area contributed by atoms with Crippen molar-refractivity contribution in [2.45, 2.75) is 24.9 Å². The molecule has 0 aliphatic carbocycles. The molecular weight excluding hydrogens is 291 g/mol. The maximum atomic E-state index is 13.3. The van der Waals surface area contributed by atoms with Crippen LogP contribution in [0.4, 0.5) is 4.39 Å². The zero-order valence-electron chi connectivity index (χ0n) is 13.4. The highest BCUT2D eigenvalue weighted by Crippen LogP contribution is 2.23. The van der Waals surface area contributed by atoms with E-state index in [1.807, 2.05) is 24.4 Å². The number of nitrogens with zero attached hydrogens (tertiary/aromatic N) is 2. The molecule has 2 heterocycles.